The van der Waals surface area contributed by atoms with Gasteiger partial charge in [0, 0.05) is 19.3 Å². The Morgan fingerprint density at radius 2 is 0.590 bits per heavy atom. The second kappa shape index (κ2) is 50.5. The van der Waals surface area contributed by atoms with Crippen molar-refractivity contribution in [3.63, 3.8) is 0 Å². The third-order valence-corrected chi connectivity index (χ3v) is 12.0. The Morgan fingerprint density at radius 3 is 0.934 bits per heavy atom. The lowest BCUT2D eigenvalue weighted by atomic mass is 10.0. The Bertz CT molecular complexity index is 989. The summed E-state index contributed by atoms with van der Waals surface area (Å²) in [6, 6.07) is 0. The lowest BCUT2D eigenvalue weighted by Gasteiger charge is -2.18. The first-order valence-corrected chi connectivity index (χ1v) is 26.8. The molecule has 0 bridgehead atoms. The Hall–Kier alpha value is -2.11. The quantitative estimate of drug-likeness (QED) is 0.0262. The molecule has 0 aromatic carbocycles. The van der Waals surface area contributed by atoms with E-state index >= 15 is 0 Å². The second-order valence-electron chi connectivity index (χ2n) is 18.2. The summed E-state index contributed by atoms with van der Waals surface area (Å²) in [5.74, 6) is -0.868. The molecule has 0 spiro atoms. The maximum Gasteiger partial charge on any atom is 0.306 e. The molecular formula is C55H102O6. The van der Waals surface area contributed by atoms with Gasteiger partial charge in [0.05, 0.1) is 0 Å². The fourth-order valence-corrected chi connectivity index (χ4v) is 7.89. The molecule has 0 aliphatic heterocycles. The molecule has 0 heterocycles. The molecule has 6 nitrogen and oxygen atoms in total. The van der Waals surface area contributed by atoms with Gasteiger partial charge in [-0.25, -0.2) is 0 Å². The molecule has 0 amide bonds. The number of hydrogen-bond donors (Lipinski definition) is 0. The largest absolute Gasteiger partial charge is 0.462 e. The van der Waals surface area contributed by atoms with Gasteiger partial charge in [0.25, 0.3) is 0 Å². The third kappa shape index (κ3) is 48.8. The fourth-order valence-electron chi connectivity index (χ4n) is 7.89. The molecular weight excluding hydrogens is 757 g/mol. The highest BCUT2D eigenvalue weighted by Gasteiger charge is 2.19. The molecule has 0 aromatic heterocycles. The van der Waals surface area contributed by atoms with Gasteiger partial charge in [0.1, 0.15) is 13.2 Å². The van der Waals surface area contributed by atoms with E-state index in [0.717, 1.165) is 77.0 Å². The van der Waals surface area contributed by atoms with Crippen LogP contribution in [0, 0.1) is 0 Å². The van der Waals surface area contributed by atoms with E-state index in [2.05, 4.69) is 45.1 Å². The first-order chi connectivity index (χ1) is 30.0. The van der Waals surface area contributed by atoms with E-state index in [1.54, 1.807) is 0 Å². The number of ether oxygens (including phenoxy) is 3. The molecule has 61 heavy (non-hydrogen) atoms. The number of carbonyl (C=O) groups is 3. The molecule has 0 saturated carbocycles. The summed E-state index contributed by atoms with van der Waals surface area (Å²) in [6.45, 7) is 6.63. The van der Waals surface area contributed by atoms with Gasteiger partial charge in [0.2, 0.25) is 0 Å². The molecule has 0 rings (SSSR count). The van der Waals surface area contributed by atoms with Crippen LogP contribution < -0.4 is 0 Å². The number of rotatable bonds is 49. The molecule has 0 aromatic rings. The molecule has 0 fully saturated rings. The minimum absolute atomic E-state index is 0.0706. The van der Waals surface area contributed by atoms with Crippen molar-refractivity contribution in [1.29, 1.82) is 0 Å². The van der Waals surface area contributed by atoms with E-state index in [1.165, 1.54) is 173 Å². The van der Waals surface area contributed by atoms with Gasteiger partial charge in [-0.2, -0.15) is 0 Å². The van der Waals surface area contributed by atoms with Crippen molar-refractivity contribution in [3.05, 3.63) is 24.3 Å². The molecule has 0 aliphatic rings. The zero-order valence-corrected chi connectivity index (χ0v) is 40.9. The zero-order valence-electron chi connectivity index (χ0n) is 40.9. The first-order valence-electron chi connectivity index (χ1n) is 26.8. The van der Waals surface area contributed by atoms with Crippen molar-refractivity contribution in [2.24, 2.45) is 0 Å². The van der Waals surface area contributed by atoms with Gasteiger partial charge in [-0.05, 0) is 51.4 Å². The van der Waals surface area contributed by atoms with Gasteiger partial charge in [-0.3, -0.25) is 14.4 Å². The van der Waals surface area contributed by atoms with Crippen LogP contribution in [0.25, 0.3) is 0 Å². The lowest BCUT2D eigenvalue weighted by molar-refractivity contribution is -0.167. The molecule has 0 radical (unpaired) electrons. The number of hydrogen-bond acceptors (Lipinski definition) is 6. The number of allylic oxidation sites excluding steroid dienone is 4. The monoisotopic (exact) mass is 859 g/mol. The second-order valence-corrected chi connectivity index (χ2v) is 18.2. The highest BCUT2D eigenvalue weighted by Crippen LogP contribution is 2.16. The smallest absolute Gasteiger partial charge is 0.306 e. The van der Waals surface area contributed by atoms with Gasteiger partial charge in [-0.15, -0.1) is 0 Å². The number of carbonyl (C=O) groups excluding carboxylic acids is 3. The van der Waals surface area contributed by atoms with Crippen LogP contribution in [0.3, 0.4) is 0 Å². The summed E-state index contributed by atoms with van der Waals surface area (Å²) >= 11 is 0. The number of unbranched alkanes of at least 4 members (excludes halogenated alkanes) is 34. The van der Waals surface area contributed by atoms with Crippen molar-refractivity contribution in [2.45, 2.75) is 297 Å². The van der Waals surface area contributed by atoms with Crippen molar-refractivity contribution in [1.82, 2.24) is 0 Å². The van der Waals surface area contributed by atoms with E-state index in [4.69, 9.17) is 14.2 Å². The minimum Gasteiger partial charge on any atom is -0.462 e. The average Bonchev–Trinajstić information content (AvgIpc) is 3.26. The zero-order chi connectivity index (χ0) is 44.4. The highest BCUT2D eigenvalue weighted by molar-refractivity contribution is 5.71. The van der Waals surface area contributed by atoms with Crippen LogP contribution in [0.4, 0.5) is 0 Å². The Balaban J connectivity index is 4.35. The van der Waals surface area contributed by atoms with Gasteiger partial charge in [0.15, 0.2) is 6.10 Å². The van der Waals surface area contributed by atoms with Gasteiger partial charge in [-0.1, -0.05) is 244 Å². The van der Waals surface area contributed by atoms with Crippen LogP contribution in [0.5, 0.6) is 0 Å². The highest BCUT2D eigenvalue weighted by atomic mass is 16.6. The van der Waals surface area contributed by atoms with Crippen molar-refractivity contribution in [2.75, 3.05) is 13.2 Å². The third-order valence-electron chi connectivity index (χ3n) is 12.0. The van der Waals surface area contributed by atoms with Crippen molar-refractivity contribution in [3.8, 4) is 0 Å². The molecule has 1 unspecified atom stereocenters. The molecule has 1 atom stereocenters. The van der Waals surface area contributed by atoms with Gasteiger partial charge >= 0.3 is 17.9 Å². The van der Waals surface area contributed by atoms with E-state index in [1.807, 2.05) is 0 Å². The maximum atomic E-state index is 12.8. The summed E-state index contributed by atoms with van der Waals surface area (Å²) < 4.78 is 16.8. The Kier molecular flexibility index (Phi) is 48.8. The Morgan fingerprint density at radius 1 is 0.328 bits per heavy atom. The van der Waals surface area contributed by atoms with Crippen LogP contribution in [0.1, 0.15) is 290 Å². The summed E-state index contributed by atoms with van der Waals surface area (Å²) in [4.78, 5) is 38.0. The van der Waals surface area contributed by atoms with Crippen LogP contribution >= 0.6 is 0 Å². The average molecular weight is 859 g/mol. The topological polar surface area (TPSA) is 78.9 Å². The van der Waals surface area contributed by atoms with Crippen LogP contribution in [-0.2, 0) is 28.6 Å². The lowest BCUT2D eigenvalue weighted by Crippen LogP contribution is -2.30. The predicted molar refractivity (Wildman–Crippen MR) is 261 cm³/mol. The van der Waals surface area contributed by atoms with E-state index in [-0.39, 0.29) is 31.1 Å². The van der Waals surface area contributed by atoms with Crippen LogP contribution in [0.15, 0.2) is 24.3 Å². The van der Waals surface area contributed by atoms with E-state index in [9.17, 15) is 14.4 Å². The SMILES string of the molecule is CCCCCC=CCC=CCCCCCCCC(=O)OCC(COC(=O)CCCCCCCCCCCCCCC)OC(=O)CCCCCCCCCCCCCCCCC. The molecule has 0 aliphatic carbocycles. The van der Waals surface area contributed by atoms with Crippen molar-refractivity contribution < 1.29 is 28.6 Å². The first kappa shape index (κ1) is 58.9. The number of esters is 3. The maximum absolute atomic E-state index is 12.8. The fraction of sp³-hybridized carbons (Fsp3) is 0.873. The summed E-state index contributed by atoms with van der Waals surface area (Å²) in [7, 11) is 0. The molecule has 6 heteroatoms. The molecule has 0 N–H and O–H groups in total. The van der Waals surface area contributed by atoms with Crippen LogP contribution in [0.2, 0.25) is 0 Å². The van der Waals surface area contributed by atoms with E-state index < -0.39 is 6.10 Å². The normalized spacial score (nSPS) is 12.1. The molecule has 358 valence electrons. The van der Waals surface area contributed by atoms with Gasteiger partial charge < -0.3 is 14.2 Å². The molecule has 0 saturated heterocycles. The van der Waals surface area contributed by atoms with Crippen LogP contribution in [-0.4, -0.2) is 37.2 Å². The predicted octanol–water partition coefficient (Wildman–Crippen LogP) is 17.5. The standard InChI is InChI=1S/C55H102O6/c1-4-7-10-13-16-19-22-25-27-30-33-36-39-42-45-48-54(57)60-51-52(50-59-53(56)47-44-41-38-35-32-29-24-21-18-15-12-9-6-3)61-55(58)49-46-43-40-37-34-31-28-26-23-20-17-14-11-8-5-2/h16,19,25,27,52H,4-15,17-18,20-24,26,28-51H2,1-3H3. The summed E-state index contributed by atoms with van der Waals surface area (Å²) in [5.41, 5.74) is 0. The van der Waals surface area contributed by atoms with E-state index in [0.29, 0.717) is 19.3 Å². The minimum atomic E-state index is -0.770. The summed E-state index contributed by atoms with van der Waals surface area (Å²) in [6.07, 6.45) is 57.3. The Labute approximate surface area is 379 Å². The summed E-state index contributed by atoms with van der Waals surface area (Å²) in [5, 5.41) is 0. The van der Waals surface area contributed by atoms with Crippen molar-refractivity contribution >= 4 is 17.9 Å².